The number of amides is 2. The van der Waals surface area contributed by atoms with Gasteiger partial charge in [-0.2, -0.15) is 0 Å². The Balaban J connectivity index is 1.37. The molecule has 0 N–H and O–H groups in total. The first-order chi connectivity index (χ1) is 17.0. The van der Waals surface area contributed by atoms with Crippen molar-refractivity contribution in [3.8, 4) is 0 Å². The van der Waals surface area contributed by atoms with E-state index in [1.54, 1.807) is 18.9 Å². The summed E-state index contributed by atoms with van der Waals surface area (Å²) in [5.74, 6) is -0.140. The molecule has 0 saturated carbocycles. The van der Waals surface area contributed by atoms with Crippen LogP contribution in [0.25, 0.3) is 0 Å². The topological polar surface area (TPSA) is 108 Å². The number of rotatable bonds is 12. The summed E-state index contributed by atoms with van der Waals surface area (Å²) in [4.78, 5) is 45.5. The highest BCUT2D eigenvalue weighted by molar-refractivity contribution is 7.09. The van der Waals surface area contributed by atoms with Crippen LogP contribution in [0.3, 0.4) is 0 Å². The van der Waals surface area contributed by atoms with Gasteiger partial charge in [-0.1, -0.05) is 0 Å². The minimum Gasteiger partial charge on any atom is -0.466 e. The molecule has 1 aromatic rings. The maximum Gasteiger partial charge on any atom is 0.309 e. The number of piperidine rings is 2. The molecule has 2 saturated heterocycles. The molecule has 0 spiro atoms. The van der Waals surface area contributed by atoms with E-state index in [0.29, 0.717) is 77.7 Å². The highest BCUT2D eigenvalue weighted by Crippen LogP contribution is 2.31. The molecular formula is C24H37N3O7S. The number of hydrogen-bond acceptors (Lipinski definition) is 9. The maximum atomic E-state index is 12.9. The minimum atomic E-state index is -0.168. The van der Waals surface area contributed by atoms with E-state index < -0.39 is 0 Å². The zero-order valence-electron chi connectivity index (χ0n) is 20.7. The number of carbonyl (C=O) groups is 3. The van der Waals surface area contributed by atoms with Gasteiger partial charge < -0.3 is 28.7 Å². The number of likely N-dealkylation sites (tertiary alicyclic amines) is 2. The van der Waals surface area contributed by atoms with Crippen molar-refractivity contribution in [2.45, 2.75) is 38.5 Å². The van der Waals surface area contributed by atoms with Crippen LogP contribution in [0.2, 0.25) is 0 Å². The lowest BCUT2D eigenvalue weighted by Gasteiger charge is -2.31. The van der Waals surface area contributed by atoms with E-state index in [0.717, 1.165) is 17.8 Å². The number of ether oxygens (including phenoxy) is 4. The zero-order valence-corrected chi connectivity index (χ0v) is 21.6. The summed E-state index contributed by atoms with van der Waals surface area (Å²) in [6.07, 6.45) is 2.88. The van der Waals surface area contributed by atoms with Crippen LogP contribution in [-0.4, -0.2) is 105 Å². The number of carbonyl (C=O) groups excluding carboxylic acids is 3. The van der Waals surface area contributed by atoms with Crippen molar-refractivity contribution in [3.05, 3.63) is 16.1 Å². The van der Waals surface area contributed by atoms with Crippen LogP contribution in [0.1, 0.15) is 54.0 Å². The van der Waals surface area contributed by atoms with Gasteiger partial charge in [-0.25, -0.2) is 4.98 Å². The molecule has 35 heavy (non-hydrogen) atoms. The van der Waals surface area contributed by atoms with E-state index in [1.807, 2.05) is 10.3 Å². The van der Waals surface area contributed by atoms with Crippen molar-refractivity contribution in [2.75, 3.05) is 72.9 Å². The molecular weight excluding hydrogens is 474 g/mol. The van der Waals surface area contributed by atoms with E-state index in [9.17, 15) is 14.4 Å². The average Bonchev–Trinajstić information content (AvgIpc) is 3.38. The van der Waals surface area contributed by atoms with Gasteiger partial charge in [0, 0.05) is 44.6 Å². The number of thiazole rings is 1. The van der Waals surface area contributed by atoms with E-state index in [2.05, 4.69) is 4.98 Å². The van der Waals surface area contributed by atoms with Crippen LogP contribution in [0, 0.1) is 5.92 Å². The van der Waals surface area contributed by atoms with Crippen LogP contribution in [-0.2, 0) is 28.5 Å². The number of aromatic nitrogens is 1. The fraction of sp³-hybridized carbons (Fsp3) is 0.750. The Kier molecular flexibility index (Phi) is 11.4. The van der Waals surface area contributed by atoms with Gasteiger partial charge in [-0.15, -0.1) is 11.3 Å². The predicted octanol–water partition coefficient (Wildman–Crippen LogP) is 1.94. The lowest BCUT2D eigenvalue weighted by atomic mass is 9.96. The molecule has 11 heteroatoms. The molecule has 2 fully saturated rings. The molecule has 0 aromatic carbocycles. The number of hydrogen-bond donors (Lipinski definition) is 0. The fourth-order valence-electron chi connectivity index (χ4n) is 4.30. The zero-order chi connectivity index (χ0) is 25.0. The summed E-state index contributed by atoms with van der Waals surface area (Å²) in [5.41, 5.74) is 0.471. The van der Waals surface area contributed by atoms with Gasteiger partial charge in [0.15, 0.2) is 0 Å². The van der Waals surface area contributed by atoms with Crippen LogP contribution in [0.5, 0.6) is 0 Å². The largest absolute Gasteiger partial charge is 0.466 e. The fourth-order valence-corrected chi connectivity index (χ4v) is 5.27. The van der Waals surface area contributed by atoms with E-state index in [4.69, 9.17) is 18.9 Å². The Bertz CT molecular complexity index is 818. The third-order valence-corrected chi connectivity index (χ3v) is 7.38. The second-order valence-corrected chi connectivity index (χ2v) is 9.59. The maximum absolute atomic E-state index is 12.9. The molecule has 3 rings (SSSR count). The van der Waals surface area contributed by atoms with Crippen molar-refractivity contribution in [2.24, 2.45) is 5.92 Å². The highest BCUT2D eigenvalue weighted by Gasteiger charge is 2.31. The van der Waals surface area contributed by atoms with Crippen LogP contribution in [0.4, 0.5) is 0 Å². The van der Waals surface area contributed by atoms with Crippen molar-refractivity contribution < 1.29 is 33.3 Å². The third-order valence-electron chi connectivity index (χ3n) is 6.37. The Hall–Kier alpha value is -2.08. The van der Waals surface area contributed by atoms with E-state index in [-0.39, 0.29) is 36.2 Å². The van der Waals surface area contributed by atoms with Gasteiger partial charge in [0.25, 0.3) is 5.91 Å². The van der Waals surface area contributed by atoms with Crippen LogP contribution < -0.4 is 0 Å². The first-order valence-electron chi connectivity index (χ1n) is 12.4. The SMILES string of the molecule is CCOC(=O)C1CCN(C(=O)c2csc(C3CCN(C(=O)COCCOCCOC)CC3)n2)CC1. The molecule has 1 aromatic heterocycles. The monoisotopic (exact) mass is 511 g/mol. The Morgan fingerprint density at radius 1 is 0.971 bits per heavy atom. The van der Waals surface area contributed by atoms with Crippen molar-refractivity contribution in [1.29, 1.82) is 0 Å². The molecule has 2 aliphatic heterocycles. The second-order valence-electron chi connectivity index (χ2n) is 8.70. The van der Waals surface area contributed by atoms with E-state index >= 15 is 0 Å². The van der Waals surface area contributed by atoms with E-state index in [1.165, 1.54) is 11.3 Å². The third kappa shape index (κ3) is 8.23. The number of methoxy groups -OCH3 is 1. The lowest BCUT2D eigenvalue weighted by Crippen LogP contribution is -2.41. The van der Waals surface area contributed by atoms with Crippen LogP contribution in [0.15, 0.2) is 5.38 Å². The smallest absolute Gasteiger partial charge is 0.309 e. The lowest BCUT2D eigenvalue weighted by molar-refractivity contribution is -0.149. The molecule has 0 bridgehead atoms. The molecule has 0 radical (unpaired) electrons. The number of esters is 1. The van der Waals surface area contributed by atoms with Gasteiger partial charge >= 0.3 is 5.97 Å². The summed E-state index contributed by atoms with van der Waals surface area (Å²) >= 11 is 1.51. The van der Waals surface area contributed by atoms with Crippen LogP contribution >= 0.6 is 11.3 Å². The molecule has 196 valence electrons. The standard InChI is InChI=1S/C24H37N3O7S/c1-3-34-24(30)19-6-10-27(11-7-19)23(29)20-17-35-22(25-20)18-4-8-26(9-5-18)21(28)16-33-15-14-32-13-12-31-2/h17-19H,3-16H2,1-2H3. The predicted molar refractivity (Wildman–Crippen MR) is 129 cm³/mol. The summed E-state index contributed by atoms with van der Waals surface area (Å²) in [7, 11) is 1.62. The average molecular weight is 512 g/mol. The van der Waals surface area contributed by atoms with Gasteiger partial charge in [0.2, 0.25) is 5.91 Å². The molecule has 0 atom stereocenters. The Labute approximate surface area is 210 Å². The molecule has 3 heterocycles. The second kappa shape index (κ2) is 14.5. The van der Waals surface area contributed by atoms with Gasteiger partial charge in [-0.05, 0) is 32.6 Å². The molecule has 0 aliphatic carbocycles. The minimum absolute atomic E-state index is 0.0124. The van der Waals surface area contributed by atoms with Crippen molar-refractivity contribution in [1.82, 2.24) is 14.8 Å². The summed E-state index contributed by atoms with van der Waals surface area (Å²) in [6.45, 7) is 6.49. The Morgan fingerprint density at radius 3 is 2.31 bits per heavy atom. The number of nitrogens with zero attached hydrogens (tertiary/aromatic N) is 3. The van der Waals surface area contributed by atoms with Gasteiger partial charge in [-0.3, -0.25) is 14.4 Å². The van der Waals surface area contributed by atoms with Gasteiger partial charge in [0.1, 0.15) is 12.3 Å². The quantitative estimate of drug-likeness (QED) is 0.310. The van der Waals surface area contributed by atoms with Crippen molar-refractivity contribution in [3.63, 3.8) is 0 Å². The van der Waals surface area contributed by atoms with Crippen molar-refractivity contribution >= 4 is 29.1 Å². The summed E-state index contributed by atoms with van der Waals surface area (Å²) < 4.78 is 20.7. The molecule has 0 unspecified atom stereocenters. The summed E-state index contributed by atoms with van der Waals surface area (Å²) in [6, 6.07) is 0. The molecule has 2 amide bonds. The highest BCUT2D eigenvalue weighted by atomic mass is 32.1. The molecule has 2 aliphatic rings. The molecule has 10 nitrogen and oxygen atoms in total. The first-order valence-corrected chi connectivity index (χ1v) is 13.2. The Morgan fingerprint density at radius 2 is 1.63 bits per heavy atom. The first kappa shape index (κ1) is 27.5. The normalized spacial score (nSPS) is 17.5. The summed E-state index contributed by atoms with van der Waals surface area (Å²) in [5, 5.41) is 2.78. The van der Waals surface area contributed by atoms with Gasteiger partial charge in [0.05, 0.1) is 44.0 Å².